The maximum Gasteiger partial charge on any atom is 0.239 e. The Labute approximate surface area is 174 Å². The molecule has 0 aromatic heterocycles. The topological polar surface area (TPSA) is 64.8 Å². The Kier molecular flexibility index (Phi) is 9.84. The number of nitrogens with two attached hydrogens (primary N) is 1. The standard InChI is InChI=1S/C24H34N2O3/c1-4-28-23(29-5-2)18-26(24(27)19(3)25)17-16-22(20-12-8-6-9-13-20)21-14-10-7-11-15-21/h6-15,19,22-23H,4-5,16-18,25H2,1-3H3/t19-/m0/s1. The summed E-state index contributed by atoms with van der Waals surface area (Å²) < 4.78 is 11.3. The fourth-order valence-electron chi connectivity index (χ4n) is 3.47. The van der Waals surface area contributed by atoms with Crippen molar-refractivity contribution in [1.29, 1.82) is 0 Å². The Hall–Kier alpha value is -2.21. The Morgan fingerprint density at radius 1 is 0.931 bits per heavy atom. The summed E-state index contributed by atoms with van der Waals surface area (Å²) in [4.78, 5) is 14.5. The van der Waals surface area contributed by atoms with Crippen molar-refractivity contribution in [2.24, 2.45) is 5.73 Å². The van der Waals surface area contributed by atoms with Gasteiger partial charge in [0.1, 0.15) is 0 Å². The van der Waals surface area contributed by atoms with Crippen LogP contribution >= 0.6 is 0 Å². The third-order valence-corrected chi connectivity index (χ3v) is 4.87. The van der Waals surface area contributed by atoms with Crippen LogP contribution in [0.15, 0.2) is 60.7 Å². The number of carbonyl (C=O) groups is 1. The van der Waals surface area contributed by atoms with Gasteiger partial charge in [-0.2, -0.15) is 0 Å². The van der Waals surface area contributed by atoms with Gasteiger partial charge in [-0.25, -0.2) is 0 Å². The lowest BCUT2D eigenvalue weighted by molar-refractivity contribution is -0.159. The van der Waals surface area contributed by atoms with Gasteiger partial charge in [0.25, 0.3) is 0 Å². The Bertz CT molecular complexity index is 661. The van der Waals surface area contributed by atoms with Crippen molar-refractivity contribution in [3.8, 4) is 0 Å². The van der Waals surface area contributed by atoms with E-state index in [1.165, 1.54) is 11.1 Å². The molecule has 0 aliphatic rings. The molecular weight excluding hydrogens is 364 g/mol. The third kappa shape index (κ3) is 7.28. The van der Waals surface area contributed by atoms with E-state index in [1.807, 2.05) is 26.0 Å². The number of rotatable bonds is 12. The van der Waals surface area contributed by atoms with Crippen molar-refractivity contribution < 1.29 is 14.3 Å². The van der Waals surface area contributed by atoms with E-state index in [2.05, 4.69) is 48.5 Å². The minimum atomic E-state index is -0.564. The van der Waals surface area contributed by atoms with Crippen molar-refractivity contribution >= 4 is 5.91 Å². The molecule has 5 nitrogen and oxygen atoms in total. The minimum absolute atomic E-state index is 0.0886. The van der Waals surface area contributed by atoms with Crippen LogP contribution in [0.3, 0.4) is 0 Å². The summed E-state index contributed by atoms with van der Waals surface area (Å²) >= 11 is 0. The van der Waals surface area contributed by atoms with Crippen molar-refractivity contribution in [2.75, 3.05) is 26.3 Å². The molecular formula is C24H34N2O3. The normalized spacial score (nSPS) is 12.3. The van der Waals surface area contributed by atoms with Gasteiger partial charge in [0.15, 0.2) is 6.29 Å². The van der Waals surface area contributed by atoms with Crippen LogP contribution in [0, 0.1) is 0 Å². The predicted molar refractivity (Wildman–Crippen MR) is 117 cm³/mol. The molecule has 1 amide bonds. The van der Waals surface area contributed by atoms with Crippen LogP contribution in [0.4, 0.5) is 0 Å². The molecule has 0 aliphatic carbocycles. The molecule has 0 spiro atoms. The first-order chi connectivity index (χ1) is 14.1. The molecule has 0 aliphatic heterocycles. The maximum absolute atomic E-state index is 12.8. The smallest absolute Gasteiger partial charge is 0.239 e. The Morgan fingerprint density at radius 3 is 1.83 bits per heavy atom. The molecule has 0 saturated carbocycles. The van der Waals surface area contributed by atoms with Gasteiger partial charge >= 0.3 is 0 Å². The molecule has 0 radical (unpaired) electrons. The summed E-state index contributed by atoms with van der Waals surface area (Å²) in [5.74, 6) is 0.104. The van der Waals surface area contributed by atoms with Gasteiger partial charge in [-0.3, -0.25) is 4.79 Å². The number of ether oxygens (including phenoxy) is 2. The molecule has 0 bridgehead atoms. The summed E-state index contributed by atoms with van der Waals surface area (Å²) in [7, 11) is 0. The molecule has 0 saturated heterocycles. The third-order valence-electron chi connectivity index (χ3n) is 4.87. The Morgan fingerprint density at radius 2 is 1.41 bits per heavy atom. The summed E-state index contributed by atoms with van der Waals surface area (Å²) in [6, 6.07) is 20.2. The van der Waals surface area contributed by atoms with Gasteiger partial charge in [0.05, 0.1) is 12.6 Å². The van der Waals surface area contributed by atoms with Crippen molar-refractivity contribution in [2.45, 2.75) is 45.4 Å². The van der Waals surface area contributed by atoms with E-state index in [-0.39, 0.29) is 11.8 Å². The quantitative estimate of drug-likeness (QED) is 0.553. The lowest BCUT2D eigenvalue weighted by atomic mass is 9.88. The molecule has 29 heavy (non-hydrogen) atoms. The van der Waals surface area contributed by atoms with Gasteiger partial charge in [0, 0.05) is 25.7 Å². The van der Waals surface area contributed by atoms with Crippen LogP contribution in [0.1, 0.15) is 44.2 Å². The van der Waals surface area contributed by atoms with Gasteiger partial charge in [0.2, 0.25) is 5.91 Å². The van der Waals surface area contributed by atoms with E-state index < -0.39 is 12.3 Å². The average molecular weight is 399 g/mol. The van der Waals surface area contributed by atoms with Crippen LogP contribution < -0.4 is 5.73 Å². The van der Waals surface area contributed by atoms with E-state index in [4.69, 9.17) is 15.2 Å². The monoisotopic (exact) mass is 398 g/mol. The van der Waals surface area contributed by atoms with Crippen LogP contribution in [0.2, 0.25) is 0 Å². The minimum Gasteiger partial charge on any atom is -0.351 e. The number of hydrogen-bond donors (Lipinski definition) is 1. The second-order valence-electron chi connectivity index (χ2n) is 7.08. The molecule has 2 aromatic carbocycles. The fraction of sp³-hybridized carbons (Fsp3) is 0.458. The first kappa shape index (κ1) is 23.1. The highest BCUT2D eigenvalue weighted by Gasteiger charge is 2.24. The van der Waals surface area contributed by atoms with E-state index in [9.17, 15) is 4.79 Å². The highest BCUT2D eigenvalue weighted by Crippen LogP contribution is 2.28. The number of amides is 1. The fourth-order valence-corrected chi connectivity index (χ4v) is 3.47. The molecule has 1 atom stereocenters. The lowest BCUT2D eigenvalue weighted by Gasteiger charge is -2.30. The van der Waals surface area contributed by atoms with Gasteiger partial charge in [-0.1, -0.05) is 60.7 Å². The molecule has 158 valence electrons. The number of benzene rings is 2. The first-order valence-electron chi connectivity index (χ1n) is 10.4. The zero-order valence-electron chi connectivity index (χ0n) is 17.8. The maximum atomic E-state index is 12.8. The van der Waals surface area contributed by atoms with Crippen molar-refractivity contribution in [3.05, 3.63) is 71.8 Å². The summed E-state index contributed by atoms with van der Waals surface area (Å²) in [5.41, 5.74) is 8.38. The predicted octanol–water partition coefficient (Wildman–Crippen LogP) is 3.78. The molecule has 2 N–H and O–H groups in total. The molecule has 0 heterocycles. The molecule has 0 fully saturated rings. The van der Waals surface area contributed by atoms with Crippen LogP contribution in [-0.4, -0.2) is 49.4 Å². The summed E-state index contributed by atoms with van der Waals surface area (Å²) in [5, 5.41) is 0. The number of hydrogen-bond acceptors (Lipinski definition) is 4. The van der Waals surface area contributed by atoms with E-state index >= 15 is 0 Å². The van der Waals surface area contributed by atoms with Gasteiger partial charge < -0.3 is 20.1 Å². The van der Waals surface area contributed by atoms with Crippen LogP contribution in [0.5, 0.6) is 0 Å². The van der Waals surface area contributed by atoms with Crippen molar-refractivity contribution in [1.82, 2.24) is 4.90 Å². The van der Waals surface area contributed by atoms with Crippen LogP contribution in [0.25, 0.3) is 0 Å². The van der Waals surface area contributed by atoms with Gasteiger partial charge in [-0.15, -0.1) is 0 Å². The SMILES string of the molecule is CCOC(CN(CCC(c1ccccc1)c1ccccc1)C(=O)[C@H](C)N)OCC. The van der Waals surface area contributed by atoms with Gasteiger partial charge in [-0.05, 0) is 38.3 Å². The number of carbonyl (C=O) groups excluding carboxylic acids is 1. The zero-order chi connectivity index (χ0) is 21.1. The highest BCUT2D eigenvalue weighted by atomic mass is 16.7. The van der Waals surface area contributed by atoms with Crippen molar-refractivity contribution in [3.63, 3.8) is 0 Å². The molecule has 2 rings (SSSR count). The second kappa shape index (κ2) is 12.4. The van der Waals surface area contributed by atoms with E-state index in [0.717, 1.165) is 6.42 Å². The molecule has 0 unspecified atom stereocenters. The second-order valence-corrected chi connectivity index (χ2v) is 7.08. The largest absolute Gasteiger partial charge is 0.351 e. The summed E-state index contributed by atoms with van der Waals surface area (Å²) in [6.45, 7) is 7.57. The zero-order valence-corrected chi connectivity index (χ0v) is 17.8. The molecule has 2 aromatic rings. The average Bonchev–Trinajstić information content (AvgIpc) is 2.74. The lowest BCUT2D eigenvalue weighted by Crippen LogP contribution is -2.47. The molecule has 5 heteroatoms. The highest BCUT2D eigenvalue weighted by molar-refractivity contribution is 5.81. The van der Waals surface area contributed by atoms with E-state index in [1.54, 1.807) is 11.8 Å². The van der Waals surface area contributed by atoms with E-state index in [0.29, 0.717) is 26.3 Å². The Balaban J connectivity index is 2.19. The van der Waals surface area contributed by atoms with Crippen LogP contribution in [-0.2, 0) is 14.3 Å². The number of nitrogens with zero attached hydrogens (tertiary/aromatic N) is 1. The summed E-state index contributed by atoms with van der Waals surface area (Å²) in [6.07, 6.45) is 0.344. The first-order valence-corrected chi connectivity index (χ1v) is 10.4.